The maximum Gasteiger partial charge on any atom is 0.296 e. The van der Waals surface area contributed by atoms with Crippen LogP contribution in [0.1, 0.15) is 0 Å². The molecule has 15 nitrogen and oxygen atoms in total. The molecule has 34 heavy (non-hydrogen) atoms. The van der Waals surface area contributed by atoms with Crippen LogP contribution < -0.4 is 21.1 Å². The molecular formula is C16H17N7O8S3. The van der Waals surface area contributed by atoms with E-state index < -0.39 is 45.7 Å². The molecule has 0 saturated carbocycles. The van der Waals surface area contributed by atoms with Crippen molar-refractivity contribution in [1.82, 2.24) is 15.0 Å². The van der Waals surface area contributed by atoms with Gasteiger partial charge in [0.1, 0.15) is 4.90 Å². The Morgan fingerprint density at radius 1 is 0.765 bits per heavy atom. The third-order valence-electron chi connectivity index (χ3n) is 3.89. The molecule has 0 saturated heterocycles. The van der Waals surface area contributed by atoms with Crippen molar-refractivity contribution in [3.63, 3.8) is 0 Å². The molecule has 0 unspecified atom stereocenters. The first-order chi connectivity index (χ1) is 15.6. The van der Waals surface area contributed by atoms with Crippen molar-refractivity contribution < 1.29 is 34.4 Å². The van der Waals surface area contributed by atoms with Crippen LogP contribution >= 0.6 is 0 Å². The fraction of sp³-hybridized carbons (Fsp3) is 0.0625. The van der Waals surface area contributed by atoms with Gasteiger partial charge in [0.25, 0.3) is 20.2 Å². The average molecular weight is 532 g/mol. The Kier molecular flexibility index (Phi) is 6.62. The van der Waals surface area contributed by atoms with Crippen LogP contribution in [0.25, 0.3) is 0 Å². The lowest BCUT2D eigenvalue weighted by molar-refractivity contribution is 0.479. The van der Waals surface area contributed by atoms with E-state index >= 15 is 0 Å². The first kappa shape index (κ1) is 25.1. The Labute approximate surface area is 194 Å². The van der Waals surface area contributed by atoms with Crippen LogP contribution in [-0.4, -0.2) is 55.6 Å². The minimum Gasteiger partial charge on any atom is -0.368 e. The van der Waals surface area contributed by atoms with Crippen LogP contribution in [0.2, 0.25) is 0 Å². The van der Waals surface area contributed by atoms with E-state index in [-0.39, 0.29) is 29.2 Å². The number of rotatable bonds is 8. The Morgan fingerprint density at radius 3 is 1.85 bits per heavy atom. The molecule has 18 heteroatoms. The van der Waals surface area contributed by atoms with E-state index in [1.54, 1.807) is 12.1 Å². The van der Waals surface area contributed by atoms with Crippen molar-refractivity contribution in [1.29, 1.82) is 0 Å². The van der Waals surface area contributed by atoms with Gasteiger partial charge in [-0.15, -0.1) is 0 Å². The largest absolute Gasteiger partial charge is 0.368 e. The zero-order chi connectivity index (χ0) is 25.3. The first-order valence-corrected chi connectivity index (χ1v) is 13.6. The number of nitrogen functional groups attached to an aromatic ring is 1. The summed E-state index contributed by atoms with van der Waals surface area (Å²) in [5.74, 6) is -0.925. The quantitative estimate of drug-likeness (QED) is 0.220. The van der Waals surface area contributed by atoms with Gasteiger partial charge in [0.15, 0.2) is 0 Å². The highest BCUT2D eigenvalue weighted by Gasteiger charge is 2.21. The van der Waals surface area contributed by atoms with Crippen molar-refractivity contribution in [3.8, 4) is 0 Å². The normalized spacial score (nSPS) is 12.2. The van der Waals surface area contributed by atoms with Gasteiger partial charge < -0.3 is 16.4 Å². The maximum atomic E-state index is 11.7. The molecule has 182 valence electrons. The van der Waals surface area contributed by atoms with Gasteiger partial charge in [-0.25, -0.2) is 8.42 Å². The third-order valence-corrected chi connectivity index (χ3v) is 6.25. The monoisotopic (exact) mass is 531 g/mol. The second-order valence-corrected chi connectivity index (χ2v) is 11.2. The Balaban J connectivity index is 2.02. The van der Waals surface area contributed by atoms with Crippen LogP contribution in [0.15, 0.2) is 52.3 Å². The van der Waals surface area contributed by atoms with Gasteiger partial charge >= 0.3 is 0 Å². The molecule has 0 aliphatic rings. The molecular weight excluding hydrogens is 514 g/mol. The summed E-state index contributed by atoms with van der Waals surface area (Å²) in [5, 5.41) is 5.13. The number of aromatic nitrogens is 3. The third kappa shape index (κ3) is 6.48. The SMILES string of the molecule is CS(=O)(=O)Nc1ccccc1Nc1nc(N)nc(Nc2cc(S(=O)(=O)O)ccc2S(=O)(=O)O)n1. The molecule has 3 aromatic rings. The summed E-state index contributed by atoms with van der Waals surface area (Å²) in [6.07, 6.45) is 0.959. The summed E-state index contributed by atoms with van der Waals surface area (Å²) in [6, 6.07) is 8.39. The van der Waals surface area contributed by atoms with Gasteiger partial charge in [-0.3, -0.25) is 13.8 Å². The number of hydrogen-bond donors (Lipinski definition) is 6. The number of benzene rings is 2. The number of nitrogens with zero attached hydrogens (tertiary/aromatic N) is 3. The van der Waals surface area contributed by atoms with E-state index in [0.29, 0.717) is 0 Å². The van der Waals surface area contributed by atoms with Crippen molar-refractivity contribution in [2.45, 2.75) is 9.79 Å². The smallest absolute Gasteiger partial charge is 0.296 e. The maximum absolute atomic E-state index is 11.7. The summed E-state index contributed by atoms with van der Waals surface area (Å²) in [4.78, 5) is 10.2. The van der Waals surface area contributed by atoms with Crippen LogP contribution in [0.5, 0.6) is 0 Å². The fourth-order valence-electron chi connectivity index (χ4n) is 2.62. The van der Waals surface area contributed by atoms with Gasteiger partial charge in [0.2, 0.25) is 27.9 Å². The zero-order valence-electron chi connectivity index (χ0n) is 17.0. The minimum absolute atomic E-state index is 0.160. The fourth-order valence-corrected chi connectivity index (χ4v) is 4.33. The summed E-state index contributed by atoms with van der Waals surface area (Å²) < 4.78 is 90.4. The Bertz CT molecular complexity index is 1580. The standard InChI is InChI=1S/C16H17N7O8S3/c1-32(24,25)23-11-5-3-2-4-10(11)18-15-20-14(17)21-16(22-15)19-12-8-9(33(26,27)28)6-7-13(12)34(29,30)31/h2-8,23H,1H3,(H,26,27,28)(H,29,30,31)(H4,17,18,19,20,21,22). The number of anilines is 6. The van der Waals surface area contributed by atoms with Crippen LogP contribution in [0, 0.1) is 0 Å². The highest BCUT2D eigenvalue weighted by molar-refractivity contribution is 7.92. The predicted octanol–water partition coefficient (Wildman–Crippen LogP) is 0.806. The molecule has 0 amide bonds. The lowest BCUT2D eigenvalue weighted by Gasteiger charge is -2.14. The molecule has 1 heterocycles. The van der Waals surface area contributed by atoms with E-state index in [9.17, 15) is 34.4 Å². The van der Waals surface area contributed by atoms with Crippen LogP contribution in [-0.2, 0) is 30.3 Å². The average Bonchev–Trinajstić information content (AvgIpc) is 2.66. The van der Waals surface area contributed by atoms with E-state index in [1.807, 2.05) is 0 Å². The number of nitrogens with two attached hydrogens (primary N) is 1. The van der Waals surface area contributed by atoms with Gasteiger partial charge in [-0.2, -0.15) is 31.8 Å². The van der Waals surface area contributed by atoms with Gasteiger partial charge in [0, 0.05) is 0 Å². The van der Waals surface area contributed by atoms with Crippen molar-refractivity contribution in [3.05, 3.63) is 42.5 Å². The molecule has 0 fully saturated rings. The van der Waals surface area contributed by atoms with Crippen LogP contribution in [0.4, 0.5) is 34.9 Å². The molecule has 1 aromatic heterocycles. The topological polar surface area (TPSA) is 244 Å². The predicted molar refractivity (Wildman–Crippen MR) is 122 cm³/mol. The van der Waals surface area contributed by atoms with Gasteiger partial charge in [-0.1, -0.05) is 12.1 Å². The number of para-hydroxylation sites is 2. The van der Waals surface area contributed by atoms with E-state index in [4.69, 9.17) is 5.73 Å². The second kappa shape index (κ2) is 8.99. The Morgan fingerprint density at radius 2 is 1.32 bits per heavy atom. The summed E-state index contributed by atoms with van der Waals surface area (Å²) in [6.45, 7) is 0. The molecule has 0 radical (unpaired) electrons. The lowest BCUT2D eigenvalue weighted by atomic mass is 10.3. The summed E-state index contributed by atoms with van der Waals surface area (Å²) in [7, 11) is -13.2. The molecule has 0 spiro atoms. The van der Waals surface area contributed by atoms with Crippen molar-refractivity contribution in [2.24, 2.45) is 0 Å². The molecule has 3 rings (SSSR count). The molecule has 2 aromatic carbocycles. The zero-order valence-corrected chi connectivity index (χ0v) is 19.5. The second-order valence-electron chi connectivity index (χ2n) is 6.62. The molecule has 0 bridgehead atoms. The lowest BCUT2D eigenvalue weighted by Crippen LogP contribution is -2.12. The molecule has 0 aliphatic heterocycles. The van der Waals surface area contributed by atoms with Crippen molar-refractivity contribution >= 4 is 65.2 Å². The van der Waals surface area contributed by atoms with E-state index in [0.717, 1.165) is 24.5 Å². The number of nitrogens with one attached hydrogen (secondary N) is 3. The highest BCUT2D eigenvalue weighted by atomic mass is 32.2. The van der Waals surface area contributed by atoms with Gasteiger partial charge in [-0.05, 0) is 30.3 Å². The number of sulfonamides is 1. The molecule has 0 atom stereocenters. The minimum atomic E-state index is -4.83. The Hall–Kier alpha value is -3.58. The summed E-state index contributed by atoms with van der Waals surface area (Å²) in [5.41, 5.74) is 5.57. The number of hydrogen-bond acceptors (Lipinski definition) is 12. The van der Waals surface area contributed by atoms with E-state index in [1.165, 1.54) is 12.1 Å². The van der Waals surface area contributed by atoms with E-state index in [2.05, 4.69) is 30.3 Å². The first-order valence-electron chi connectivity index (χ1n) is 8.83. The summed E-state index contributed by atoms with van der Waals surface area (Å²) >= 11 is 0. The highest BCUT2D eigenvalue weighted by Crippen LogP contribution is 2.29. The van der Waals surface area contributed by atoms with Crippen LogP contribution in [0.3, 0.4) is 0 Å². The molecule has 0 aliphatic carbocycles. The van der Waals surface area contributed by atoms with Crippen molar-refractivity contribution in [2.75, 3.05) is 27.3 Å². The molecule has 7 N–H and O–H groups in total. The van der Waals surface area contributed by atoms with Gasteiger partial charge in [0.05, 0.1) is 28.2 Å².